The van der Waals surface area contributed by atoms with Crippen LogP contribution in [0.15, 0.2) is 47.8 Å². The Morgan fingerprint density at radius 3 is 2.38 bits per heavy atom. The van der Waals surface area contributed by atoms with E-state index in [2.05, 4.69) is 29.3 Å². The van der Waals surface area contributed by atoms with Gasteiger partial charge in [-0.25, -0.2) is 0 Å². The quantitative estimate of drug-likeness (QED) is 0.780. The smallest absolute Gasteiger partial charge is 0.241 e. The second-order valence-electron chi connectivity index (χ2n) is 4.86. The molecule has 0 atom stereocenters. The van der Waals surface area contributed by atoms with Crippen molar-refractivity contribution in [2.75, 3.05) is 24.5 Å². The van der Waals surface area contributed by atoms with E-state index in [4.69, 9.17) is 0 Å². The number of nitrogens with zero attached hydrogens (tertiary/aromatic N) is 2. The zero-order valence-corrected chi connectivity index (χ0v) is 13.5. The molecule has 0 bridgehead atoms. The van der Waals surface area contributed by atoms with Crippen LogP contribution in [0.25, 0.3) is 0 Å². The van der Waals surface area contributed by atoms with Crippen LogP contribution in [-0.2, 0) is 11.3 Å². The van der Waals surface area contributed by atoms with Crippen LogP contribution >= 0.6 is 11.3 Å². The van der Waals surface area contributed by atoms with Gasteiger partial charge in [0.25, 0.3) is 0 Å². The molecule has 112 valence electrons. The molecule has 1 aromatic carbocycles. The summed E-state index contributed by atoms with van der Waals surface area (Å²) in [5, 5.41) is 2.08. The average molecular weight is 302 g/mol. The minimum Gasteiger partial charge on any atom is -0.312 e. The van der Waals surface area contributed by atoms with Crippen molar-refractivity contribution in [2.45, 2.75) is 20.4 Å². The fourth-order valence-corrected chi connectivity index (χ4v) is 3.04. The first-order valence-corrected chi connectivity index (χ1v) is 8.22. The number of amides is 1. The molecule has 4 heteroatoms. The van der Waals surface area contributed by atoms with Crippen LogP contribution in [0.5, 0.6) is 0 Å². The Kier molecular flexibility index (Phi) is 5.96. The third kappa shape index (κ3) is 4.41. The van der Waals surface area contributed by atoms with Gasteiger partial charge in [-0.2, -0.15) is 0 Å². The topological polar surface area (TPSA) is 23.6 Å². The highest BCUT2D eigenvalue weighted by molar-refractivity contribution is 7.09. The molecule has 3 nitrogen and oxygen atoms in total. The summed E-state index contributed by atoms with van der Waals surface area (Å²) in [6.07, 6.45) is 0. The lowest BCUT2D eigenvalue weighted by molar-refractivity contribution is -0.119. The molecule has 0 aliphatic heterocycles. The van der Waals surface area contributed by atoms with Crippen molar-refractivity contribution >= 4 is 22.9 Å². The summed E-state index contributed by atoms with van der Waals surface area (Å²) in [5.74, 6) is 0.155. The highest BCUT2D eigenvalue weighted by Gasteiger charge is 2.17. The van der Waals surface area contributed by atoms with E-state index >= 15 is 0 Å². The van der Waals surface area contributed by atoms with Crippen LogP contribution in [0.3, 0.4) is 0 Å². The molecular formula is C17H22N2OS. The van der Waals surface area contributed by atoms with E-state index in [0.29, 0.717) is 13.1 Å². The van der Waals surface area contributed by atoms with Crippen molar-refractivity contribution in [3.05, 3.63) is 52.7 Å². The normalized spacial score (nSPS) is 10.8. The van der Waals surface area contributed by atoms with E-state index in [1.165, 1.54) is 4.88 Å². The first kappa shape index (κ1) is 15.7. The molecule has 0 unspecified atom stereocenters. The number of rotatable bonds is 7. The molecule has 1 heterocycles. The van der Waals surface area contributed by atoms with E-state index in [1.807, 2.05) is 42.2 Å². The zero-order valence-electron chi connectivity index (χ0n) is 12.7. The number of carbonyl (C=O) groups is 1. The third-order valence-corrected chi connectivity index (χ3v) is 4.31. The Morgan fingerprint density at radius 1 is 1.05 bits per heavy atom. The molecular weight excluding hydrogens is 280 g/mol. The highest BCUT2D eigenvalue weighted by atomic mass is 32.1. The van der Waals surface area contributed by atoms with Gasteiger partial charge in [-0.15, -0.1) is 11.3 Å². The number of anilines is 1. The number of likely N-dealkylation sites (N-methyl/N-ethyl adjacent to an activating group) is 2. The summed E-state index contributed by atoms with van der Waals surface area (Å²) in [6.45, 7) is 6.97. The second-order valence-corrected chi connectivity index (χ2v) is 5.89. The molecule has 2 aromatic rings. The minimum absolute atomic E-state index is 0.155. The van der Waals surface area contributed by atoms with Crippen molar-refractivity contribution in [3.63, 3.8) is 0 Å². The summed E-state index contributed by atoms with van der Waals surface area (Å²) < 4.78 is 0. The molecule has 2 rings (SSSR count). The van der Waals surface area contributed by atoms with Crippen LogP contribution in [-0.4, -0.2) is 30.4 Å². The van der Waals surface area contributed by atoms with Gasteiger partial charge in [0.2, 0.25) is 5.91 Å². The van der Waals surface area contributed by atoms with Gasteiger partial charge < -0.3 is 4.90 Å². The summed E-state index contributed by atoms with van der Waals surface area (Å²) >= 11 is 1.74. The van der Waals surface area contributed by atoms with Crippen molar-refractivity contribution in [2.24, 2.45) is 0 Å². The largest absolute Gasteiger partial charge is 0.312 e. The van der Waals surface area contributed by atoms with Gasteiger partial charge in [-0.3, -0.25) is 9.69 Å². The van der Waals surface area contributed by atoms with E-state index in [1.54, 1.807) is 11.3 Å². The van der Waals surface area contributed by atoms with Crippen molar-refractivity contribution in [3.8, 4) is 0 Å². The standard InChI is InChI=1S/C17H22N2OS/c1-3-18(13-16-11-8-12-21-16)14-17(20)19(4-2)15-9-6-5-7-10-15/h5-12H,3-4,13-14H2,1-2H3. The SMILES string of the molecule is CCN(CC(=O)N(CC)c1ccccc1)Cc1cccs1. The van der Waals surface area contributed by atoms with Gasteiger partial charge in [-0.1, -0.05) is 31.2 Å². The fraction of sp³-hybridized carbons (Fsp3) is 0.353. The lowest BCUT2D eigenvalue weighted by atomic mass is 10.2. The predicted molar refractivity (Wildman–Crippen MR) is 89.7 cm³/mol. The van der Waals surface area contributed by atoms with Crippen LogP contribution in [0.4, 0.5) is 5.69 Å². The molecule has 0 N–H and O–H groups in total. The van der Waals surface area contributed by atoms with E-state index in [9.17, 15) is 4.79 Å². The third-order valence-electron chi connectivity index (χ3n) is 3.45. The molecule has 0 aliphatic rings. The second kappa shape index (κ2) is 7.96. The van der Waals surface area contributed by atoms with Gasteiger partial charge >= 0.3 is 0 Å². The number of benzene rings is 1. The Morgan fingerprint density at radius 2 is 1.81 bits per heavy atom. The molecule has 0 spiro atoms. The Balaban J connectivity index is 2.00. The molecule has 0 saturated heterocycles. The summed E-state index contributed by atoms with van der Waals surface area (Å²) in [5.41, 5.74) is 0.970. The fourth-order valence-electron chi connectivity index (χ4n) is 2.29. The van der Waals surface area contributed by atoms with Crippen molar-refractivity contribution in [1.29, 1.82) is 0 Å². The van der Waals surface area contributed by atoms with Gasteiger partial charge in [0, 0.05) is 23.7 Å². The maximum Gasteiger partial charge on any atom is 0.241 e. The molecule has 1 amide bonds. The Hall–Kier alpha value is -1.65. The molecule has 0 radical (unpaired) electrons. The average Bonchev–Trinajstić information content (AvgIpc) is 3.01. The Bertz CT molecular complexity index is 539. The van der Waals surface area contributed by atoms with Gasteiger partial charge in [0.05, 0.1) is 6.54 Å². The first-order chi connectivity index (χ1) is 10.2. The number of hydrogen-bond acceptors (Lipinski definition) is 3. The molecule has 0 saturated carbocycles. The van der Waals surface area contributed by atoms with Crippen molar-refractivity contribution < 1.29 is 4.79 Å². The predicted octanol–water partition coefficient (Wildman–Crippen LogP) is 3.62. The minimum atomic E-state index is 0.155. The number of thiophene rings is 1. The summed E-state index contributed by atoms with van der Waals surface area (Å²) in [4.78, 5) is 17.9. The summed E-state index contributed by atoms with van der Waals surface area (Å²) in [7, 11) is 0. The lowest BCUT2D eigenvalue weighted by Crippen LogP contribution is -2.40. The van der Waals surface area contributed by atoms with Crippen LogP contribution < -0.4 is 4.90 Å². The van der Waals surface area contributed by atoms with Crippen LogP contribution in [0, 0.1) is 0 Å². The van der Waals surface area contributed by atoms with Crippen LogP contribution in [0.1, 0.15) is 18.7 Å². The monoisotopic (exact) mass is 302 g/mol. The van der Waals surface area contributed by atoms with Crippen LogP contribution in [0.2, 0.25) is 0 Å². The first-order valence-electron chi connectivity index (χ1n) is 7.34. The molecule has 21 heavy (non-hydrogen) atoms. The van der Waals surface area contributed by atoms with Gasteiger partial charge in [0.15, 0.2) is 0 Å². The van der Waals surface area contributed by atoms with Gasteiger partial charge in [-0.05, 0) is 37.0 Å². The maximum atomic E-state index is 12.6. The molecule has 0 aliphatic carbocycles. The van der Waals surface area contributed by atoms with Gasteiger partial charge in [0.1, 0.15) is 0 Å². The number of hydrogen-bond donors (Lipinski definition) is 0. The number of carbonyl (C=O) groups excluding carboxylic acids is 1. The number of para-hydroxylation sites is 1. The maximum absolute atomic E-state index is 12.6. The molecule has 0 fully saturated rings. The van der Waals surface area contributed by atoms with E-state index in [-0.39, 0.29) is 5.91 Å². The lowest BCUT2D eigenvalue weighted by Gasteiger charge is -2.25. The van der Waals surface area contributed by atoms with E-state index < -0.39 is 0 Å². The van der Waals surface area contributed by atoms with E-state index in [0.717, 1.165) is 18.8 Å². The summed E-state index contributed by atoms with van der Waals surface area (Å²) in [6, 6.07) is 14.0. The highest BCUT2D eigenvalue weighted by Crippen LogP contribution is 2.15. The molecule has 1 aromatic heterocycles. The Labute approximate surface area is 130 Å². The van der Waals surface area contributed by atoms with Crippen molar-refractivity contribution in [1.82, 2.24) is 4.90 Å². The zero-order chi connectivity index (χ0) is 15.1.